The summed E-state index contributed by atoms with van der Waals surface area (Å²) < 4.78 is 0. The first-order valence-electron chi connectivity index (χ1n) is 4.25. The Morgan fingerprint density at radius 3 is 2.53 bits per heavy atom. The molecular weight excluding hydrogens is 222 g/mol. The minimum atomic E-state index is -1.11. The van der Waals surface area contributed by atoms with Crippen molar-refractivity contribution in [2.45, 2.75) is 12.2 Å². The SMILES string of the molecule is O=[N+]([O-])O[C@H](c1ccccc1)[C@H](O)CCl. The Kier molecular flexibility index (Phi) is 4.33. The van der Waals surface area contributed by atoms with Crippen LogP contribution in [0.3, 0.4) is 0 Å². The number of hydrogen-bond acceptors (Lipinski definition) is 4. The molecule has 0 unspecified atom stereocenters. The number of hydrogen-bond donors (Lipinski definition) is 1. The van der Waals surface area contributed by atoms with Crippen molar-refractivity contribution in [1.29, 1.82) is 0 Å². The lowest BCUT2D eigenvalue weighted by Gasteiger charge is -2.19. The number of halogens is 1. The van der Waals surface area contributed by atoms with Crippen molar-refractivity contribution in [2.24, 2.45) is 0 Å². The van der Waals surface area contributed by atoms with E-state index in [1.165, 1.54) is 0 Å². The highest BCUT2D eigenvalue weighted by atomic mass is 35.5. The second-order valence-corrected chi connectivity index (χ2v) is 3.19. The van der Waals surface area contributed by atoms with Crippen LogP contribution in [0.15, 0.2) is 30.3 Å². The third-order valence-corrected chi connectivity index (χ3v) is 2.15. The van der Waals surface area contributed by atoms with Crippen molar-refractivity contribution in [3.05, 3.63) is 46.0 Å². The molecule has 5 nitrogen and oxygen atoms in total. The van der Waals surface area contributed by atoms with Gasteiger partial charge in [0.2, 0.25) is 0 Å². The normalized spacial score (nSPS) is 14.3. The van der Waals surface area contributed by atoms with E-state index in [0.717, 1.165) is 0 Å². The van der Waals surface area contributed by atoms with Gasteiger partial charge in [-0.2, -0.15) is 0 Å². The summed E-state index contributed by atoms with van der Waals surface area (Å²) in [5.41, 5.74) is 0.516. The Morgan fingerprint density at radius 2 is 2.07 bits per heavy atom. The number of rotatable bonds is 5. The van der Waals surface area contributed by atoms with Crippen LogP contribution in [0.1, 0.15) is 11.7 Å². The Balaban J connectivity index is 2.86. The molecule has 0 aliphatic carbocycles. The Hall–Kier alpha value is -1.33. The zero-order valence-electron chi connectivity index (χ0n) is 7.75. The molecule has 2 atom stereocenters. The first-order valence-corrected chi connectivity index (χ1v) is 4.78. The molecular formula is C9H10ClNO4. The second kappa shape index (κ2) is 5.53. The van der Waals surface area contributed by atoms with E-state index in [-0.39, 0.29) is 5.88 Å². The molecule has 0 saturated heterocycles. The van der Waals surface area contributed by atoms with E-state index in [2.05, 4.69) is 4.84 Å². The van der Waals surface area contributed by atoms with Crippen molar-refractivity contribution >= 4 is 11.6 Å². The largest absolute Gasteiger partial charge is 0.389 e. The van der Waals surface area contributed by atoms with Gasteiger partial charge in [0.25, 0.3) is 5.09 Å². The van der Waals surface area contributed by atoms with Gasteiger partial charge in [0.05, 0.1) is 12.0 Å². The summed E-state index contributed by atoms with van der Waals surface area (Å²) in [6.07, 6.45) is -2.15. The van der Waals surface area contributed by atoms with Crippen LogP contribution in [0.5, 0.6) is 0 Å². The second-order valence-electron chi connectivity index (χ2n) is 2.88. The molecule has 0 bridgehead atoms. The Labute approximate surface area is 91.3 Å². The predicted molar refractivity (Wildman–Crippen MR) is 54.0 cm³/mol. The molecule has 1 aromatic carbocycles. The average Bonchev–Trinajstić information content (AvgIpc) is 2.26. The predicted octanol–water partition coefficient (Wildman–Crippen LogP) is 1.54. The lowest BCUT2D eigenvalue weighted by Crippen LogP contribution is -2.24. The van der Waals surface area contributed by atoms with Crippen LogP contribution in [0, 0.1) is 10.1 Å². The van der Waals surface area contributed by atoms with Crippen LogP contribution in [0.4, 0.5) is 0 Å². The van der Waals surface area contributed by atoms with Crippen LogP contribution in [-0.4, -0.2) is 22.2 Å². The topological polar surface area (TPSA) is 72.6 Å². The molecule has 15 heavy (non-hydrogen) atoms. The van der Waals surface area contributed by atoms with Gasteiger partial charge in [-0.15, -0.1) is 21.7 Å². The van der Waals surface area contributed by atoms with E-state index in [4.69, 9.17) is 11.6 Å². The van der Waals surface area contributed by atoms with E-state index in [1.807, 2.05) is 0 Å². The summed E-state index contributed by atoms with van der Waals surface area (Å²) in [5.74, 6) is -0.132. The van der Waals surface area contributed by atoms with Gasteiger partial charge >= 0.3 is 0 Å². The zero-order chi connectivity index (χ0) is 11.3. The standard InChI is InChI=1S/C9H10ClNO4/c10-6-8(12)9(15-11(13)14)7-4-2-1-3-5-7/h1-5,8-9,12H,6H2/t8-,9-/m1/s1. The van der Waals surface area contributed by atoms with E-state index < -0.39 is 17.3 Å². The minimum Gasteiger partial charge on any atom is -0.389 e. The van der Waals surface area contributed by atoms with Crippen molar-refractivity contribution < 1.29 is 15.0 Å². The monoisotopic (exact) mass is 231 g/mol. The number of aliphatic hydroxyl groups excluding tert-OH is 1. The van der Waals surface area contributed by atoms with Crippen molar-refractivity contribution in [2.75, 3.05) is 5.88 Å². The summed E-state index contributed by atoms with van der Waals surface area (Å²) in [7, 11) is 0. The summed E-state index contributed by atoms with van der Waals surface area (Å²) >= 11 is 5.43. The van der Waals surface area contributed by atoms with Gasteiger partial charge in [0, 0.05) is 0 Å². The van der Waals surface area contributed by atoms with Crippen LogP contribution in [-0.2, 0) is 4.84 Å². The average molecular weight is 232 g/mol. The summed E-state index contributed by atoms with van der Waals surface area (Å²) in [4.78, 5) is 14.6. The summed E-state index contributed by atoms with van der Waals surface area (Å²) in [6, 6.07) is 8.42. The van der Waals surface area contributed by atoms with Gasteiger partial charge in [-0.1, -0.05) is 30.3 Å². The molecule has 82 valence electrons. The van der Waals surface area contributed by atoms with Crippen LogP contribution in [0.25, 0.3) is 0 Å². The highest BCUT2D eigenvalue weighted by Crippen LogP contribution is 2.21. The molecule has 0 spiro atoms. The van der Waals surface area contributed by atoms with Gasteiger partial charge in [-0.05, 0) is 5.56 Å². The quantitative estimate of drug-likeness (QED) is 0.474. The number of nitrogens with zero attached hydrogens (tertiary/aromatic N) is 1. The fourth-order valence-corrected chi connectivity index (χ4v) is 1.33. The van der Waals surface area contributed by atoms with Crippen LogP contribution >= 0.6 is 11.6 Å². The third-order valence-electron chi connectivity index (χ3n) is 1.84. The first kappa shape index (κ1) is 11.7. The molecule has 6 heteroatoms. The van der Waals surface area contributed by atoms with Crippen molar-refractivity contribution in [3.8, 4) is 0 Å². The molecule has 0 saturated carbocycles. The van der Waals surface area contributed by atoms with E-state index in [1.54, 1.807) is 30.3 Å². The molecule has 0 aromatic heterocycles. The van der Waals surface area contributed by atoms with Crippen molar-refractivity contribution in [3.63, 3.8) is 0 Å². The molecule has 0 fully saturated rings. The van der Waals surface area contributed by atoms with Gasteiger partial charge in [-0.25, -0.2) is 0 Å². The smallest absolute Gasteiger partial charge is 0.295 e. The first-order chi connectivity index (χ1) is 7.15. The molecule has 0 aliphatic rings. The van der Waals surface area contributed by atoms with Gasteiger partial charge in [0.1, 0.15) is 0 Å². The lowest BCUT2D eigenvalue weighted by molar-refractivity contribution is -0.773. The molecule has 0 radical (unpaired) electrons. The number of benzene rings is 1. The van der Waals surface area contributed by atoms with E-state index in [9.17, 15) is 15.2 Å². The van der Waals surface area contributed by atoms with E-state index >= 15 is 0 Å². The maximum Gasteiger partial charge on any atom is 0.295 e. The number of aliphatic hydroxyl groups is 1. The maximum atomic E-state index is 10.2. The summed E-state index contributed by atoms with van der Waals surface area (Å²) in [5, 5.41) is 18.8. The highest BCUT2D eigenvalue weighted by Gasteiger charge is 2.23. The molecule has 1 N–H and O–H groups in total. The molecule has 0 amide bonds. The van der Waals surface area contributed by atoms with Crippen molar-refractivity contribution in [1.82, 2.24) is 0 Å². The zero-order valence-corrected chi connectivity index (χ0v) is 8.50. The molecule has 0 heterocycles. The van der Waals surface area contributed by atoms with E-state index in [0.29, 0.717) is 5.56 Å². The Bertz CT molecular complexity index is 319. The van der Waals surface area contributed by atoms with Gasteiger partial charge in [-0.3, -0.25) is 0 Å². The fourth-order valence-electron chi connectivity index (χ4n) is 1.17. The summed E-state index contributed by atoms with van der Waals surface area (Å²) in [6.45, 7) is 0. The fraction of sp³-hybridized carbons (Fsp3) is 0.333. The maximum absolute atomic E-state index is 10.2. The van der Waals surface area contributed by atoms with Crippen LogP contribution < -0.4 is 0 Å². The molecule has 1 aromatic rings. The van der Waals surface area contributed by atoms with Crippen LogP contribution in [0.2, 0.25) is 0 Å². The molecule has 0 aliphatic heterocycles. The van der Waals surface area contributed by atoms with Gasteiger partial charge < -0.3 is 9.94 Å². The molecule has 1 rings (SSSR count). The Morgan fingerprint density at radius 1 is 1.47 bits per heavy atom. The minimum absolute atomic E-state index is 0.132. The highest BCUT2D eigenvalue weighted by molar-refractivity contribution is 6.18. The third kappa shape index (κ3) is 3.38. The lowest BCUT2D eigenvalue weighted by atomic mass is 10.1. The number of alkyl halides is 1. The van der Waals surface area contributed by atoms with Gasteiger partial charge in [0.15, 0.2) is 6.10 Å².